The van der Waals surface area contributed by atoms with Gasteiger partial charge in [0.05, 0.1) is 24.0 Å². The van der Waals surface area contributed by atoms with Gasteiger partial charge in [0.2, 0.25) is 11.8 Å². The summed E-state index contributed by atoms with van der Waals surface area (Å²) in [5.74, 6) is 1.63. The van der Waals surface area contributed by atoms with Crippen molar-refractivity contribution in [2.75, 3.05) is 0 Å². The van der Waals surface area contributed by atoms with Gasteiger partial charge in [-0.25, -0.2) is 0 Å². The Morgan fingerprint density at radius 2 is 1.23 bits per heavy atom. The zero-order chi connectivity index (χ0) is 18.3. The van der Waals surface area contributed by atoms with Crippen molar-refractivity contribution in [2.24, 2.45) is 23.7 Å². The molecular formula is C22H35NO3. The van der Waals surface area contributed by atoms with Crippen molar-refractivity contribution in [3.8, 4) is 0 Å². The van der Waals surface area contributed by atoms with Crippen LogP contribution in [0, 0.1) is 23.7 Å². The summed E-state index contributed by atoms with van der Waals surface area (Å²) in [6, 6.07) is 0.163. The van der Waals surface area contributed by atoms with Gasteiger partial charge in [0.15, 0.2) is 0 Å². The molecule has 0 spiro atoms. The molecule has 3 unspecified atom stereocenters. The smallest absolute Gasteiger partial charge is 0.233 e. The van der Waals surface area contributed by atoms with Crippen LogP contribution in [0.1, 0.15) is 84.5 Å². The molecule has 1 saturated heterocycles. The van der Waals surface area contributed by atoms with Gasteiger partial charge < -0.3 is 4.74 Å². The summed E-state index contributed by atoms with van der Waals surface area (Å²) in [6.07, 6.45) is 12.2. The second kappa shape index (κ2) is 7.61. The highest BCUT2D eigenvalue weighted by molar-refractivity contribution is 6.05. The molecule has 26 heavy (non-hydrogen) atoms. The number of rotatable bonds is 3. The second-order valence-electron chi connectivity index (χ2n) is 9.63. The molecule has 4 rings (SSSR count). The summed E-state index contributed by atoms with van der Waals surface area (Å²) >= 11 is 0. The first kappa shape index (κ1) is 18.5. The molecule has 146 valence electrons. The first-order valence-corrected chi connectivity index (χ1v) is 11.0. The maximum atomic E-state index is 13.1. The summed E-state index contributed by atoms with van der Waals surface area (Å²) in [4.78, 5) is 27.7. The van der Waals surface area contributed by atoms with E-state index in [0.29, 0.717) is 6.10 Å². The van der Waals surface area contributed by atoms with E-state index in [1.54, 1.807) is 4.90 Å². The lowest BCUT2D eigenvalue weighted by Gasteiger charge is -2.34. The standard InChI is InChI=1S/C22H35NO3/c1-14-3-7-16(8-4-14)23-21(24)19-12-11-18(13-20(19)22(23)25)26-17-9-5-15(2)6-10-17/h14-20H,3-13H2,1-2H3. The predicted octanol–water partition coefficient (Wildman–Crippen LogP) is 4.31. The minimum atomic E-state index is -0.108. The topological polar surface area (TPSA) is 46.6 Å². The number of hydrogen-bond acceptors (Lipinski definition) is 3. The average Bonchev–Trinajstić information content (AvgIpc) is 2.89. The Bertz CT molecular complexity index is 532. The number of hydrogen-bond donors (Lipinski definition) is 0. The van der Waals surface area contributed by atoms with Crippen LogP contribution in [0.25, 0.3) is 0 Å². The van der Waals surface area contributed by atoms with Crippen LogP contribution in [0.15, 0.2) is 0 Å². The van der Waals surface area contributed by atoms with Crippen LogP contribution in [-0.4, -0.2) is 35.0 Å². The molecule has 0 aromatic carbocycles. The van der Waals surface area contributed by atoms with Gasteiger partial charge in [-0.2, -0.15) is 0 Å². The van der Waals surface area contributed by atoms with Crippen LogP contribution in [-0.2, 0) is 14.3 Å². The number of carbonyl (C=O) groups is 2. The number of amides is 2. The Hall–Kier alpha value is -0.900. The Morgan fingerprint density at radius 1 is 0.692 bits per heavy atom. The zero-order valence-electron chi connectivity index (χ0n) is 16.5. The fourth-order valence-electron chi connectivity index (χ4n) is 5.79. The third-order valence-corrected chi connectivity index (χ3v) is 7.61. The highest BCUT2D eigenvalue weighted by Crippen LogP contribution is 2.43. The van der Waals surface area contributed by atoms with Crippen LogP contribution in [0.5, 0.6) is 0 Å². The van der Waals surface area contributed by atoms with E-state index in [4.69, 9.17) is 4.74 Å². The quantitative estimate of drug-likeness (QED) is 0.704. The summed E-state index contributed by atoms with van der Waals surface area (Å²) in [7, 11) is 0. The molecule has 0 radical (unpaired) electrons. The third-order valence-electron chi connectivity index (χ3n) is 7.61. The minimum absolute atomic E-state index is 0.0620. The Balaban J connectivity index is 1.36. The SMILES string of the molecule is CC1CCC(OC2CCC3C(=O)N(C4CCC(C)CC4)C(=O)C3C2)CC1. The fourth-order valence-corrected chi connectivity index (χ4v) is 5.79. The van der Waals surface area contributed by atoms with Gasteiger partial charge in [0, 0.05) is 6.04 Å². The number of ether oxygens (including phenoxy) is 1. The molecule has 3 aliphatic carbocycles. The van der Waals surface area contributed by atoms with Crippen molar-refractivity contribution in [3.05, 3.63) is 0 Å². The molecule has 1 heterocycles. The lowest BCUT2D eigenvalue weighted by atomic mass is 9.79. The fraction of sp³-hybridized carbons (Fsp3) is 0.909. The second-order valence-corrected chi connectivity index (χ2v) is 9.63. The van der Waals surface area contributed by atoms with E-state index >= 15 is 0 Å². The molecule has 4 fully saturated rings. The number of imide groups is 1. The highest BCUT2D eigenvalue weighted by atomic mass is 16.5. The van der Waals surface area contributed by atoms with E-state index in [-0.39, 0.29) is 35.8 Å². The van der Waals surface area contributed by atoms with Crippen LogP contribution in [0.4, 0.5) is 0 Å². The van der Waals surface area contributed by atoms with Crippen LogP contribution in [0.3, 0.4) is 0 Å². The van der Waals surface area contributed by atoms with Gasteiger partial charge in [0.1, 0.15) is 0 Å². The van der Waals surface area contributed by atoms with E-state index in [9.17, 15) is 9.59 Å². The van der Waals surface area contributed by atoms with Gasteiger partial charge in [0.25, 0.3) is 0 Å². The first-order chi connectivity index (χ1) is 12.5. The zero-order valence-corrected chi connectivity index (χ0v) is 16.5. The molecule has 2 amide bonds. The van der Waals surface area contributed by atoms with Gasteiger partial charge in [-0.05, 0) is 82.5 Å². The third kappa shape index (κ3) is 3.58. The monoisotopic (exact) mass is 361 g/mol. The molecule has 0 bridgehead atoms. The Morgan fingerprint density at radius 3 is 1.88 bits per heavy atom. The highest BCUT2D eigenvalue weighted by Gasteiger charge is 2.52. The normalized spacial score (nSPS) is 44.2. The minimum Gasteiger partial charge on any atom is -0.375 e. The van der Waals surface area contributed by atoms with E-state index in [1.807, 2.05) is 0 Å². The number of fused-ring (bicyclic) bond motifs is 1. The molecule has 1 aliphatic heterocycles. The molecule has 3 atom stereocenters. The summed E-state index contributed by atoms with van der Waals surface area (Å²) < 4.78 is 6.39. The van der Waals surface area contributed by atoms with Crippen LogP contribution < -0.4 is 0 Å². The van der Waals surface area contributed by atoms with Crippen molar-refractivity contribution in [1.82, 2.24) is 4.90 Å². The van der Waals surface area contributed by atoms with Gasteiger partial charge in [-0.1, -0.05) is 13.8 Å². The molecule has 0 N–H and O–H groups in total. The average molecular weight is 362 g/mol. The lowest BCUT2D eigenvalue weighted by Crippen LogP contribution is -2.42. The van der Waals surface area contributed by atoms with Crippen molar-refractivity contribution in [2.45, 2.75) is 103 Å². The first-order valence-electron chi connectivity index (χ1n) is 11.0. The van der Waals surface area contributed by atoms with E-state index in [2.05, 4.69) is 13.8 Å². The molecule has 4 nitrogen and oxygen atoms in total. The van der Waals surface area contributed by atoms with Crippen molar-refractivity contribution in [1.29, 1.82) is 0 Å². The lowest BCUT2D eigenvalue weighted by molar-refractivity contribution is -0.143. The molecule has 0 aromatic heterocycles. The summed E-state index contributed by atoms with van der Waals surface area (Å²) in [5.41, 5.74) is 0. The van der Waals surface area contributed by atoms with Crippen molar-refractivity contribution >= 4 is 11.8 Å². The summed E-state index contributed by atoms with van der Waals surface area (Å²) in [5, 5.41) is 0. The molecular weight excluding hydrogens is 326 g/mol. The maximum Gasteiger partial charge on any atom is 0.233 e. The number of likely N-dealkylation sites (tertiary alicyclic amines) is 1. The molecule has 3 saturated carbocycles. The Labute approximate surface area is 158 Å². The predicted molar refractivity (Wildman–Crippen MR) is 100 cm³/mol. The molecule has 0 aromatic rings. The van der Waals surface area contributed by atoms with Crippen LogP contribution in [0.2, 0.25) is 0 Å². The number of carbonyl (C=O) groups excluding carboxylic acids is 2. The summed E-state index contributed by atoms with van der Waals surface area (Å²) in [6.45, 7) is 4.60. The van der Waals surface area contributed by atoms with Gasteiger partial charge in [-0.15, -0.1) is 0 Å². The van der Waals surface area contributed by atoms with Gasteiger partial charge in [-0.3, -0.25) is 14.5 Å². The van der Waals surface area contributed by atoms with Crippen molar-refractivity contribution < 1.29 is 14.3 Å². The van der Waals surface area contributed by atoms with Crippen molar-refractivity contribution in [3.63, 3.8) is 0 Å². The Kier molecular flexibility index (Phi) is 5.41. The van der Waals surface area contributed by atoms with E-state index < -0.39 is 0 Å². The van der Waals surface area contributed by atoms with E-state index in [1.165, 1.54) is 12.8 Å². The number of nitrogens with zero attached hydrogens (tertiary/aromatic N) is 1. The van der Waals surface area contributed by atoms with E-state index in [0.717, 1.165) is 69.6 Å². The molecule has 4 heteroatoms. The molecule has 4 aliphatic rings. The van der Waals surface area contributed by atoms with Gasteiger partial charge >= 0.3 is 0 Å². The maximum absolute atomic E-state index is 13.1. The largest absolute Gasteiger partial charge is 0.375 e. The van der Waals surface area contributed by atoms with Crippen LogP contribution >= 0.6 is 0 Å².